The molecule has 2 aliphatic heterocycles. The van der Waals surface area contributed by atoms with E-state index >= 15 is 0 Å². The first kappa shape index (κ1) is 23.8. The van der Waals surface area contributed by atoms with Crippen molar-refractivity contribution in [1.29, 1.82) is 0 Å². The highest BCUT2D eigenvalue weighted by molar-refractivity contribution is 7.92. The Kier molecular flexibility index (Phi) is 6.94. The first-order valence-corrected chi connectivity index (χ1v) is 12.3. The van der Waals surface area contributed by atoms with Crippen LogP contribution in [0.25, 0.3) is 0 Å². The van der Waals surface area contributed by atoms with Crippen molar-refractivity contribution < 1.29 is 37.0 Å². The highest BCUT2D eigenvalue weighted by atomic mass is 32.2. The van der Waals surface area contributed by atoms with Crippen LogP contribution in [0.2, 0.25) is 0 Å². The topological polar surface area (TPSA) is 120 Å². The minimum Gasteiger partial charge on any atom is -0.486 e. The second-order valence-corrected chi connectivity index (χ2v) is 9.77. The zero-order chi connectivity index (χ0) is 24.3. The second kappa shape index (κ2) is 9.90. The summed E-state index contributed by atoms with van der Waals surface area (Å²) in [5.74, 6) is -0.372. The molecule has 10 nitrogen and oxygen atoms in total. The summed E-state index contributed by atoms with van der Waals surface area (Å²) in [6, 6.07) is 10.3. The Morgan fingerprint density at radius 2 is 1.71 bits per heavy atom. The molecule has 2 aromatic rings. The van der Waals surface area contributed by atoms with E-state index < -0.39 is 22.6 Å². The predicted molar refractivity (Wildman–Crippen MR) is 122 cm³/mol. The predicted octanol–water partition coefficient (Wildman–Crippen LogP) is 2.05. The summed E-state index contributed by atoms with van der Waals surface area (Å²) in [6.45, 7) is 4.80. The summed E-state index contributed by atoms with van der Waals surface area (Å²) in [4.78, 5) is 26.7. The monoisotopic (exact) mass is 490 g/mol. The summed E-state index contributed by atoms with van der Waals surface area (Å²) >= 11 is 0. The number of hydrogen-bond donors (Lipinski definition) is 1. The number of morpholine rings is 1. The lowest BCUT2D eigenvalue weighted by atomic mass is 10.2. The molecule has 2 unspecified atom stereocenters. The third-order valence-electron chi connectivity index (χ3n) is 5.31. The maximum absolute atomic E-state index is 13.0. The van der Waals surface area contributed by atoms with Crippen molar-refractivity contribution >= 4 is 27.6 Å². The molecule has 1 fully saturated rings. The molecular weight excluding hydrogens is 464 g/mol. The third kappa shape index (κ3) is 5.42. The van der Waals surface area contributed by atoms with Gasteiger partial charge in [-0.05, 0) is 38.1 Å². The van der Waals surface area contributed by atoms with Crippen molar-refractivity contribution in [3.63, 3.8) is 0 Å². The number of esters is 1. The maximum Gasteiger partial charge on any atom is 0.340 e. The molecule has 34 heavy (non-hydrogen) atoms. The number of sulfonamides is 1. The van der Waals surface area contributed by atoms with Gasteiger partial charge in [0.25, 0.3) is 15.9 Å². The van der Waals surface area contributed by atoms with Crippen LogP contribution >= 0.6 is 0 Å². The number of amides is 1. The molecule has 2 aliphatic rings. The molecule has 4 rings (SSSR count). The minimum atomic E-state index is -4.05. The summed E-state index contributed by atoms with van der Waals surface area (Å²) in [5, 5.41) is 0. The highest BCUT2D eigenvalue weighted by Gasteiger charge is 2.27. The Hall–Kier alpha value is -3.31. The van der Waals surface area contributed by atoms with Gasteiger partial charge in [-0.15, -0.1) is 0 Å². The lowest BCUT2D eigenvalue weighted by molar-refractivity contribution is -0.146. The van der Waals surface area contributed by atoms with Gasteiger partial charge in [0, 0.05) is 19.2 Å². The SMILES string of the molecule is CC1CN(C(=O)COC(=O)c2ccccc2NS(=O)(=O)c2ccc3c(c2)OCCO3)CC(C)O1. The number of hydrogen-bond acceptors (Lipinski definition) is 8. The van der Waals surface area contributed by atoms with Crippen LogP contribution in [0.4, 0.5) is 5.69 Å². The van der Waals surface area contributed by atoms with Crippen LogP contribution in [0.15, 0.2) is 47.4 Å². The van der Waals surface area contributed by atoms with Crippen LogP contribution in [0.5, 0.6) is 11.5 Å². The molecule has 1 amide bonds. The van der Waals surface area contributed by atoms with E-state index in [4.69, 9.17) is 18.9 Å². The largest absolute Gasteiger partial charge is 0.486 e. The van der Waals surface area contributed by atoms with E-state index in [-0.39, 0.29) is 34.3 Å². The lowest BCUT2D eigenvalue weighted by Crippen LogP contribution is -2.49. The van der Waals surface area contributed by atoms with Crippen LogP contribution in [0.1, 0.15) is 24.2 Å². The average Bonchev–Trinajstić information content (AvgIpc) is 2.81. The van der Waals surface area contributed by atoms with Crippen LogP contribution in [0, 0.1) is 0 Å². The molecule has 182 valence electrons. The smallest absolute Gasteiger partial charge is 0.340 e. The number of fused-ring (bicyclic) bond motifs is 1. The fourth-order valence-electron chi connectivity index (χ4n) is 3.82. The number of carbonyl (C=O) groups excluding carboxylic acids is 2. The summed E-state index contributed by atoms with van der Waals surface area (Å²) in [7, 11) is -4.05. The van der Waals surface area contributed by atoms with Crippen molar-refractivity contribution in [3.05, 3.63) is 48.0 Å². The van der Waals surface area contributed by atoms with Gasteiger partial charge in [-0.25, -0.2) is 13.2 Å². The van der Waals surface area contributed by atoms with Gasteiger partial charge in [-0.3, -0.25) is 9.52 Å². The molecule has 0 spiro atoms. The molecule has 0 aromatic heterocycles. The second-order valence-electron chi connectivity index (χ2n) is 8.09. The summed E-state index contributed by atoms with van der Waals surface area (Å²) in [6.07, 6.45) is -0.224. The number of carbonyl (C=O) groups is 2. The Morgan fingerprint density at radius 3 is 2.44 bits per heavy atom. The molecule has 11 heteroatoms. The van der Waals surface area contributed by atoms with E-state index in [0.29, 0.717) is 37.8 Å². The van der Waals surface area contributed by atoms with Gasteiger partial charge in [0.15, 0.2) is 18.1 Å². The Bertz CT molecular complexity index is 1170. The van der Waals surface area contributed by atoms with Gasteiger partial charge in [0.2, 0.25) is 0 Å². The number of para-hydroxylation sites is 1. The Balaban J connectivity index is 1.45. The standard InChI is InChI=1S/C23H26N2O8S/c1-15-12-25(13-16(2)33-15)22(26)14-32-23(27)18-5-3-4-6-19(18)24-34(28,29)17-7-8-20-21(11-17)31-10-9-30-20/h3-8,11,15-16,24H,9-10,12-14H2,1-2H3. The molecule has 1 N–H and O–H groups in total. The number of rotatable bonds is 6. The molecule has 2 atom stereocenters. The molecular formula is C23H26N2O8S. The average molecular weight is 491 g/mol. The molecule has 0 saturated carbocycles. The van der Waals surface area contributed by atoms with Gasteiger partial charge in [0.05, 0.1) is 28.4 Å². The molecule has 1 saturated heterocycles. The van der Waals surface area contributed by atoms with E-state index in [1.165, 1.54) is 30.3 Å². The van der Waals surface area contributed by atoms with E-state index in [1.807, 2.05) is 13.8 Å². The Labute approximate surface area is 197 Å². The summed E-state index contributed by atoms with van der Waals surface area (Å²) < 4.78 is 50.0. The maximum atomic E-state index is 13.0. The number of nitrogens with one attached hydrogen (secondary N) is 1. The van der Waals surface area contributed by atoms with Crippen LogP contribution in [-0.2, 0) is 24.3 Å². The quantitative estimate of drug-likeness (QED) is 0.611. The fourth-order valence-corrected chi connectivity index (χ4v) is 4.92. The van der Waals surface area contributed by atoms with Crippen molar-refractivity contribution in [3.8, 4) is 11.5 Å². The lowest BCUT2D eigenvalue weighted by Gasteiger charge is -2.35. The third-order valence-corrected chi connectivity index (χ3v) is 6.68. The van der Waals surface area contributed by atoms with Gasteiger partial charge in [-0.2, -0.15) is 0 Å². The molecule has 2 aromatic carbocycles. The number of anilines is 1. The van der Waals surface area contributed by atoms with Gasteiger partial charge >= 0.3 is 5.97 Å². The normalized spacial score (nSPS) is 19.9. The molecule has 0 aliphatic carbocycles. The molecule has 2 heterocycles. The first-order valence-electron chi connectivity index (χ1n) is 10.8. The number of benzene rings is 2. The van der Waals surface area contributed by atoms with E-state index in [9.17, 15) is 18.0 Å². The number of ether oxygens (including phenoxy) is 4. The van der Waals surface area contributed by atoms with Gasteiger partial charge < -0.3 is 23.8 Å². The zero-order valence-electron chi connectivity index (χ0n) is 18.9. The van der Waals surface area contributed by atoms with E-state index in [1.54, 1.807) is 17.0 Å². The van der Waals surface area contributed by atoms with Crippen LogP contribution in [-0.4, -0.2) is 70.3 Å². The highest BCUT2D eigenvalue weighted by Crippen LogP contribution is 2.33. The van der Waals surface area contributed by atoms with Crippen molar-refractivity contribution in [1.82, 2.24) is 4.90 Å². The van der Waals surface area contributed by atoms with Gasteiger partial charge in [0.1, 0.15) is 13.2 Å². The van der Waals surface area contributed by atoms with Crippen LogP contribution in [0.3, 0.4) is 0 Å². The minimum absolute atomic E-state index is 0.0138. The van der Waals surface area contributed by atoms with E-state index in [2.05, 4.69) is 4.72 Å². The van der Waals surface area contributed by atoms with Crippen molar-refractivity contribution in [2.24, 2.45) is 0 Å². The first-order chi connectivity index (χ1) is 16.2. The number of nitrogens with zero attached hydrogens (tertiary/aromatic N) is 1. The van der Waals surface area contributed by atoms with Gasteiger partial charge in [-0.1, -0.05) is 12.1 Å². The van der Waals surface area contributed by atoms with E-state index in [0.717, 1.165) is 0 Å². The van der Waals surface area contributed by atoms with Crippen molar-refractivity contribution in [2.75, 3.05) is 37.6 Å². The Morgan fingerprint density at radius 1 is 1.03 bits per heavy atom. The van der Waals surface area contributed by atoms with Crippen LogP contribution < -0.4 is 14.2 Å². The summed E-state index contributed by atoms with van der Waals surface area (Å²) in [5.41, 5.74) is 0.0172. The molecule has 0 bridgehead atoms. The van der Waals surface area contributed by atoms with Crippen molar-refractivity contribution in [2.45, 2.75) is 31.0 Å². The zero-order valence-corrected chi connectivity index (χ0v) is 19.7. The fraction of sp³-hybridized carbons (Fsp3) is 0.391. The molecule has 0 radical (unpaired) electrons.